The molecule has 2 aromatic rings. The molecular weight excluding hydrogens is 224 g/mol. The second-order valence-electron chi connectivity index (χ2n) is 3.59. The van der Waals surface area contributed by atoms with Crippen LogP contribution in [-0.4, -0.2) is 0 Å². The molecule has 1 N–H and O–H groups in total. The number of anilines is 1. The van der Waals surface area contributed by atoms with Crippen molar-refractivity contribution in [3.8, 4) is 0 Å². The van der Waals surface area contributed by atoms with Crippen LogP contribution in [0.25, 0.3) is 16.5 Å². The quantitative estimate of drug-likeness (QED) is 0.466. The van der Waals surface area contributed by atoms with Crippen molar-refractivity contribution < 1.29 is 0 Å². The molecule has 0 aromatic heterocycles. The van der Waals surface area contributed by atoms with Crippen LogP contribution in [0.1, 0.15) is 5.56 Å². The molecular formula is C14H12N4. The van der Waals surface area contributed by atoms with Gasteiger partial charge in [0.25, 0.3) is 0 Å². The van der Waals surface area contributed by atoms with E-state index in [2.05, 4.69) is 15.3 Å². The number of hydrogen-bond donors (Lipinski definition) is 1. The normalized spacial score (nSPS) is 10.0. The molecule has 18 heavy (non-hydrogen) atoms. The topological polar surface area (TPSA) is 60.8 Å². The smallest absolute Gasteiger partial charge is 0.0610 e. The second-order valence-corrected chi connectivity index (χ2v) is 3.59. The molecule has 0 atom stereocenters. The minimum absolute atomic E-state index is 0.581. The van der Waals surface area contributed by atoms with Gasteiger partial charge in [-0.15, -0.1) is 0 Å². The van der Waals surface area contributed by atoms with Crippen molar-refractivity contribution in [3.63, 3.8) is 0 Å². The first-order valence-electron chi connectivity index (χ1n) is 5.52. The van der Waals surface area contributed by atoms with Gasteiger partial charge in [-0.25, -0.2) is 0 Å². The molecule has 0 heterocycles. The Labute approximate surface area is 105 Å². The molecule has 2 rings (SSSR count). The standard InChI is InChI=1S/C14H12N4/c15-18-17-14-9-5-4-8-13(14)16-11-10-12-6-2-1-3-7-12/h1-11,16H/b11-10+. The lowest BCUT2D eigenvalue weighted by molar-refractivity contribution is 1.45. The Morgan fingerprint density at radius 2 is 1.72 bits per heavy atom. The van der Waals surface area contributed by atoms with Gasteiger partial charge in [0.2, 0.25) is 0 Å². The number of benzene rings is 2. The van der Waals surface area contributed by atoms with E-state index in [1.54, 1.807) is 6.07 Å². The maximum atomic E-state index is 8.46. The molecule has 0 aliphatic rings. The number of nitrogens with one attached hydrogen (secondary N) is 1. The molecule has 4 heteroatoms. The lowest BCUT2D eigenvalue weighted by Crippen LogP contribution is -1.86. The van der Waals surface area contributed by atoms with Crippen molar-refractivity contribution in [2.45, 2.75) is 0 Å². The number of hydrogen-bond acceptors (Lipinski definition) is 2. The highest BCUT2D eigenvalue weighted by atomic mass is 15.1. The molecule has 4 nitrogen and oxygen atoms in total. The van der Waals surface area contributed by atoms with Crippen molar-refractivity contribution >= 4 is 17.5 Å². The Kier molecular flexibility index (Phi) is 4.01. The van der Waals surface area contributed by atoms with Crippen LogP contribution in [0.4, 0.5) is 11.4 Å². The number of para-hydroxylation sites is 1. The monoisotopic (exact) mass is 236 g/mol. The minimum atomic E-state index is 0.581. The zero-order valence-corrected chi connectivity index (χ0v) is 9.69. The molecule has 0 saturated carbocycles. The Balaban J connectivity index is 2.11. The molecule has 0 aliphatic carbocycles. The summed E-state index contributed by atoms with van der Waals surface area (Å²) in [6, 6.07) is 17.3. The maximum Gasteiger partial charge on any atom is 0.0610 e. The van der Waals surface area contributed by atoms with Gasteiger partial charge in [-0.05, 0) is 23.2 Å². The molecule has 0 amide bonds. The first-order chi connectivity index (χ1) is 8.90. The third kappa shape index (κ3) is 3.14. The van der Waals surface area contributed by atoms with Crippen LogP contribution in [0.5, 0.6) is 0 Å². The SMILES string of the molecule is [N-]=[N+]=Nc1ccccc1N/C=C/c1ccccc1. The van der Waals surface area contributed by atoms with Gasteiger partial charge < -0.3 is 5.32 Å². The van der Waals surface area contributed by atoms with Gasteiger partial charge in [-0.2, -0.15) is 0 Å². The summed E-state index contributed by atoms with van der Waals surface area (Å²) in [5, 5.41) is 6.72. The van der Waals surface area contributed by atoms with Crippen molar-refractivity contribution in [2.24, 2.45) is 5.11 Å². The van der Waals surface area contributed by atoms with E-state index in [9.17, 15) is 0 Å². The van der Waals surface area contributed by atoms with Crippen molar-refractivity contribution in [1.29, 1.82) is 0 Å². The summed E-state index contributed by atoms with van der Waals surface area (Å²) >= 11 is 0. The first-order valence-corrected chi connectivity index (χ1v) is 5.52. The van der Waals surface area contributed by atoms with Gasteiger partial charge in [0.05, 0.1) is 5.69 Å². The molecule has 88 valence electrons. The predicted molar refractivity (Wildman–Crippen MR) is 74.3 cm³/mol. The summed E-state index contributed by atoms with van der Waals surface area (Å²) in [6.07, 6.45) is 3.77. The zero-order valence-electron chi connectivity index (χ0n) is 9.69. The molecule has 0 radical (unpaired) electrons. The van der Waals surface area contributed by atoms with Gasteiger partial charge in [0.1, 0.15) is 0 Å². The van der Waals surface area contributed by atoms with Crippen molar-refractivity contribution in [1.82, 2.24) is 0 Å². The first kappa shape index (κ1) is 11.8. The van der Waals surface area contributed by atoms with Crippen LogP contribution in [0.2, 0.25) is 0 Å². The molecule has 0 bridgehead atoms. The molecule has 0 aliphatic heterocycles. The van der Waals surface area contributed by atoms with Gasteiger partial charge in [-0.1, -0.05) is 53.6 Å². The van der Waals surface area contributed by atoms with E-state index in [-0.39, 0.29) is 0 Å². The van der Waals surface area contributed by atoms with Gasteiger partial charge in [0.15, 0.2) is 0 Å². The number of azide groups is 1. The summed E-state index contributed by atoms with van der Waals surface area (Å²) in [4.78, 5) is 2.79. The Morgan fingerprint density at radius 3 is 2.50 bits per heavy atom. The summed E-state index contributed by atoms with van der Waals surface area (Å²) in [5.74, 6) is 0. The minimum Gasteiger partial charge on any atom is -0.361 e. The van der Waals surface area contributed by atoms with Crippen LogP contribution in [0.3, 0.4) is 0 Å². The van der Waals surface area contributed by atoms with Crippen LogP contribution in [0.15, 0.2) is 65.9 Å². The Bertz CT molecular complexity index is 584. The van der Waals surface area contributed by atoms with Gasteiger partial charge in [0, 0.05) is 16.8 Å². The summed E-state index contributed by atoms with van der Waals surface area (Å²) in [6.45, 7) is 0. The Morgan fingerprint density at radius 1 is 1.00 bits per heavy atom. The van der Waals surface area contributed by atoms with E-state index in [0.29, 0.717) is 5.69 Å². The largest absolute Gasteiger partial charge is 0.361 e. The van der Waals surface area contributed by atoms with Crippen molar-refractivity contribution in [3.05, 3.63) is 76.8 Å². The van der Waals surface area contributed by atoms with Crippen LogP contribution < -0.4 is 5.32 Å². The average molecular weight is 236 g/mol. The third-order valence-corrected chi connectivity index (χ3v) is 2.37. The summed E-state index contributed by atoms with van der Waals surface area (Å²) in [5.41, 5.74) is 10.9. The molecule has 0 spiro atoms. The fourth-order valence-corrected chi connectivity index (χ4v) is 1.52. The molecule has 0 unspecified atom stereocenters. The number of nitrogens with zero attached hydrogens (tertiary/aromatic N) is 3. The highest BCUT2D eigenvalue weighted by molar-refractivity contribution is 5.67. The Hall–Kier alpha value is -2.71. The van der Waals surface area contributed by atoms with E-state index in [0.717, 1.165) is 11.3 Å². The maximum absolute atomic E-state index is 8.46. The van der Waals surface area contributed by atoms with Crippen LogP contribution in [0, 0.1) is 0 Å². The summed E-state index contributed by atoms with van der Waals surface area (Å²) < 4.78 is 0. The van der Waals surface area contributed by atoms with E-state index >= 15 is 0 Å². The van der Waals surface area contributed by atoms with Gasteiger partial charge >= 0.3 is 0 Å². The van der Waals surface area contributed by atoms with Crippen molar-refractivity contribution in [2.75, 3.05) is 5.32 Å². The fourth-order valence-electron chi connectivity index (χ4n) is 1.52. The van der Waals surface area contributed by atoms with E-state index in [1.165, 1.54) is 0 Å². The predicted octanol–water partition coefficient (Wildman–Crippen LogP) is 4.71. The van der Waals surface area contributed by atoms with Crippen LogP contribution in [-0.2, 0) is 0 Å². The number of rotatable bonds is 4. The van der Waals surface area contributed by atoms with Gasteiger partial charge in [-0.3, -0.25) is 0 Å². The molecule has 0 fully saturated rings. The second kappa shape index (κ2) is 6.13. The van der Waals surface area contributed by atoms with E-state index in [1.807, 2.05) is 60.8 Å². The average Bonchev–Trinajstić information content (AvgIpc) is 2.42. The lowest BCUT2D eigenvalue weighted by atomic mass is 10.2. The molecule has 0 saturated heterocycles. The van der Waals surface area contributed by atoms with Crippen LogP contribution >= 0.6 is 0 Å². The molecule has 2 aromatic carbocycles. The zero-order chi connectivity index (χ0) is 12.6. The highest BCUT2D eigenvalue weighted by Gasteiger charge is 1.95. The highest BCUT2D eigenvalue weighted by Crippen LogP contribution is 2.24. The summed E-state index contributed by atoms with van der Waals surface area (Å²) in [7, 11) is 0. The van der Waals surface area contributed by atoms with E-state index in [4.69, 9.17) is 5.53 Å². The third-order valence-electron chi connectivity index (χ3n) is 2.37. The van der Waals surface area contributed by atoms with E-state index < -0.39 is 0 Å². The fraction of sp³-hybridized carbons (Fsp3) is 0. The lowest BCUT2D eigenvalue weighted by Gasteiger charge is -2.03.